The second kappa shape index (κ2) is 6.44. The van der Waals surface area contributed by atoms with Crippen LogP contribution in [-0.4, -0.2) is 24.0 Å². The quantitative estimate of drug-likeness (QED) is 0.429. The number of benzene rings is 1. The van der Waals surface area contributed by atoms with E-state index in [0.717, 1.165) is 29.5 Å². The van der Waals surface area contributed by atoms with Crippen LogP contribution in [0.15, 0.2) is 17.7 Å². The normalized spacial score (nSPS) is 29.8. The molecule has 6 nitrogen and oxygen atoms in total. The van der Waals surface area contributed by atoms with E-state index in [1.54, 1.807) is 0 Å². The summed E-state index contributed by atoms with van der Waals surface area (Å²) < 4.78 is 16.5. The van der Waals surface area contributed by atoms with E-state index in [4.69, 9.17) is 14.2 Å². The van der Waals surface area contributed by atoms with Crippen LogP contribution < -0.4 is 9.47 Å². The van der Waals surface area contributed by atoms with Gasteiger partial charge in [-0.05, 0) is 48.9 Å². The van der Waals surface area contributed by atoms with Gasteiger partial charge >= 0.3 is 17.9 Å². The summed E-state index contributed by atoms with van der Waals surface area (Å²) in [6.07, 6.45) is 4.78. The topological polar surface area (TPSA) is 78.9 Å². The lowest BCUT2D eigenvalue weighted by atomic mass is 9.53. The first-order valence-electron chi connectivity index (χ1n) is 10.0. The van der Waals surface area contributed by atoms with Crippen LogP contribution in [0.4, 0.5) is 0 Å². The highest BCUT2D eigenvalue weighted by molar-refractivity contribution is 5.77. The van der Waals surface area contributed by atoms with Crippen LogP contribution in [0.5, 0.6) is 11.5 Å². The van der Waals surface area contributed by atoms with Crippen molar-refractivity contribution >= 4 is 17.9 Å². The maximum absolute atomic E-state index is 12.1. The smallest absolute Gasteiger partial charge is 0.308 e. The average molecular weight is 398 g/mol. The monoisotopic (exact) mass is 398 g/mol. The predicted octanol–water partition coefficient (Wildman–Crippen LogP) is 3.70. The zero-order valence-corrected chi connectivity index (χ0v) is 17.5. The Hall–Kier alpha value is -2.63. The Balaban J connectivity index is 1.88. The summed E-state index contributed by atoms with van der Waals surface area (Å²) in [5.41, 5.74) is 3.53. The molecule has 2 aliphatic carbocycles. The number of fused-ring (bicyclic) bond motifs is 5. The third-order valence-corrected chi connectivity index (χ3v) is 6.83. The first kappa shape index (κ1) is 19.7. The van der Waals surface area contributed by atoms with Gasteiger partial charge in [-0.3, -0.25) is 14.4 Å². The molecule has 0 unspecified atom stereocenters. The number of hydrogen-bond acceptors (Lipinski definition) is 6. The fraction of sp³-hybridized carbons (Fsp3) is 0.522. The standard InChI is InChI=1S/C23H26O6/c1-12-15-6-7-18-22(4,9-8-19-23(18,5)11-20(26)29-19)16(15)10-17(27-13(2)24)21(12)28-14(3)25/h7,10,19H,6,8-9,11H2,1-5H3/t19-,22+,23-/m1/s1. The van der Waals surface area contributed by atoms with Gasteiger partial charge in [0.15, 0.2) is 11.5 Å². The fourth-order valence-corrected chi connectivity index (χ4v) is 5.58. The molecule has 0 N–H and O–H groups in total. The van der Waals surface area contributed by atoms with Crippen LogP contribution in [0.25, 0.3) is 0 Å². The van der Waals surface area contributed by atoms with Crippen molar-refractivity contribution in [2.24, 2.45) is 5.41 Å². The predicted molar refractivity (Wildman–Crippen MR) is 105 cm³/mol. The largest absolute Gasteiger partial charge is 0.461 e. The highest BCUT2D eigenvalue weighted by atomic mass is 16.6. The van der Waals surface area contributed by atoms with E-state index in [1.807, 2.05) is 13.0 Å². The fourth-order valence-electron chi connectivity index (χ4n) is 5.58. The summed E-state index contributed by atoms with van der Waals surface area (Å²) in [6, 6.07) is 1.84. The molecule has 1 aromatic carbocycles. The van der Waals surface area contributed by atoms with Gasteiger partial charge in [0.1, 0.15) is 6.10 Å². The number of allylic oxidation sites excluding steroid dienone is 1. The molecule has 6 heteroatoms. The molecule has 1 saturated carbocycles. The molecule has 4 rings (SSSR count). The van der Waals surface area contributed by atoms with Gasteiger partial charge in [0.25, 0.3) is 0 Å². The summed E-state index contributed by atoms with van der Waals surface area (Å²) in [7, 11) is 0. The molecule has 0 radical (unpaired) electrons. The van der Waals surface area contributed by atoms with Crippen molar-refractivity contribution in [3.05, 3.63) is 34.4 Å². The second-order valence-electron chi connectivity index (χ2n) is 8.81. The SMILES string of the molecule is CC(=O)Oc1cc2c(c(C)c1OC(C)=O)CC=C1[C@@]2(C)CC[C@H]2OC(=O)C[C@]12C. The van der Waals surface area contributed by atoms with Crippen molar-refractivity contribution in [3.8, 4) is 11.5 Å². The molecular formula is C23H26O6. The Labute approximate surface area is 170 Å². The molecular weight excluding hydrogens is 372 g/mol. The molecule has 154 valence electrons. The minimum absolute atomic E-state index is 0.0924. The third kappa shape index (κ3) is 2.88. The van der Waals surface area contributed by atoms with Gasteiger partial charge in [0.05, 0.1) is 6.42 Å². The van der Waals surface area contributed by atoms with Crippen LogP contribution >= 0.6 is 0 Å². The van der Waals surface area contributed by atoms with Crippen molar-refractivity contribution in [2.45, 2.75) is 71.8 Å². The lowest BCUT2D eigenvalue weighted by Gasteiger charge is -2.50. The van der Waals surface area contributed by atoms with E-state index < -0.39 is 11.9 Å². The number of carbonyl (C=O) groups excluding carboxylic acids is 3. The zero-order chi connectivity index (χ0) is 21.1. The van der Waals surface area contributed by atoms with Gasteiger partial charge in [-0.1, -0.05) is 25.5 Å². The van der Waals surface area contributed by atoms with Gasteiger partial charge in [0.2, 0.25) is 0 Å². The average Bonchev–Trinajstić information content (AvgIpc) is 2.91. The molecule has 0 amide bonds. The van der Waals surface area contributed by atoms with Crippen molar-refractivity contribution in [1.82, 2.24) is 0 Å². The lowest BCUT2D eigenvalue weighted by Crippen LogP contribution is -2.47. The molecule has 3 aliphatic rings. The Morgan fingerprint density at radius 3 is 2.52 bits per heavy atom. The lowest BCUT2D eigenvalue weighted by molar-refractivity contribution is -0.142. The molecule has 1 heterocycles. The van der Waals surface area contributed by atoms with Crippen molar-refractivity contribution in [3.63, 3.8) is 0 Å². The second-order valence-corrected chi connectivity index (χ2v) is 8.81. The summed E-state index contributed by atoms with van der Waals surface area (Å²) in [4.78, 5) is 35.4. The summed E-state index contributed by atoms with van der Waals surface area (Å²) in [5.74, 6) is -0.520. The van der Waals surface area contributed by atoms with E-state index >= 15 is 0 Å². The van der Waals surface area contributed by atoms with Gasteiger partial charge in [0, 0.05) is 24.7 Å². The number of rotatable bonds is 2. The Bertz CT molecular complexity index is 974. The molecule has 1 aliphatic heterocycles. The van der Waals surface area contributed by atoms with E-state index in [2.05, 4.69) is 19.9 Å². The number of esters is 3. The van der Waals surface area contributed by atoms with Crippen molar-refractivity contribution in [2.75, 3.05) is 0 Å². The summed E-state index contributed by atoms with van der Waals surface area (Å²) in [5, 5.41) is 0. The minimum Gasteiger partial charge on any atom is -0.461 e. The van der Waals surface area contributed by atoms with Crippen LogP contribution in [-0.2, 0) is 31.0 Å². The van der Waals surface area contributed by atoms with Crippen molar-refractivity contribution in [1.29, 1.82) is 0 Å². The molecule has 0 aromatic heterocycles. The molecule has 1 saturated heterocycles. The van der Waals surface area contributed by atoms with Crippen LogP contribution in [0.2, 0.25) is 0 Å². The van der Waals surface area contributed by atoms with E-state index in [-0.39, 0.29) is 28.7 Å². The molecule has 0 bridgehead atoms. The first-order chi connectivity index (χ1) is 13.6. The maximum Gasteiger partial charge on any atom is 0.308 e. The van der Waals surface area contributed by atoms with Gasteiger partial charge < -0.3 is 14.2 Å². The highest BCUT2D eigenvalue weighted by Gasteiger charge is 2.57. The Morgan fingerprint density at radius 2 is 1.86 bits per heavy atom. The van der Waals surface area contributed by atoms with Crippen LogP contribution in [0.1, 0.15) is 63.6 Å². The summed E-state index contributed by atoms with van der Waals surface area (Å²) >= 11 is 0. The van der Waals surface area contributed by atoms with E-state index in [9.17, 15) is 14.4 Å². The minimum atomic E-state index is -0.472. The van der Waals surface area contributed by atoms with E-state index in [1.165, 1.54) is 19.4 Å². The molecule has 1 aromatic rings. The molecule has 2 fully saturated rings. The number of carbonyl (C=O) groups is 3. The maximum atomic E-state index is 12.1. The van der Waals surface area contributed by atoms with Gasteiger partial charge in [-0.25, -0.2) is 0 Å². The Kier molecular flexibility index (Phi) is 4.37. The van der Waals surface area contributed by atoms with Crippen LogP contribution in [0, 0.1) is 12.3 Å². The van der Waals surface area contributed by atoms with Crippen molar-refractivity contribution < 1.29 is 28.6 Å². The highest BCUT2D eigenvalue weighted by Crippen LogP contribution is 2.60. The number of ether oxygens (including phenoxy) is 3. The zero-order valence-electron chi connectivity index (χ0n) is 17.5. The molecule has 3 atom stereocenters. The first-order valence-corrected chi connectivity index (χ1v) is 10.0. The summed E-state index contributed by atoms with van der Waals surface area (Å²) in [6.45, 7) is 8.84. The van der Waals surface area contributed by atoms with E-state index in [0.29, 0.717) is 18.6 Å². The van der Waals surface area contributed by atoms with Crippen LogP contribution in [0.3, 0.4) is 0 Å². The Morgan fingerprint density at radius 1 is 1.17 bits per heavy atom. The third-order valence-electron chi connectivity index (χ3n) is 6.83. The van der Waals surface area contributed by atoms with Gasteiger partial charge in [-0.2, -0.15) is 0 Å². The van der Waals surface area contributed by atoms with Gasteiger partial charge in [-0.15, -0.1) is 0 Å². The molecule has 0 spiro atoms. The number of hydrogen-bond donors (Lipinski definition) is 0. The molecule has 29 heavy (non-hydrogen) atoms.